The molecular formula is C16H21NO4. The molecule has 0 fully saturated rings. The van der Waals surface area contributed by atoms with Gasteiger partial charge in [-0.3, -0.25) is 4.79 Å². The van der Waals surface area contributed by atoms with Crippen molar-refractivity contribution in [3.05, 3.63) is 35.4 Å². The van der Waals surface area contributed by atoms with Crippen LogP contribution in [0.4, 0.5) is 5.69 Å². The minimum Gasteiger partial charge on any atom is -0.478 e. The summed E-state index contributed by atoms with van der Waals surface area (Å²) in [6.45, 7) is 3.78. The molecule has 0 saturated carbocycles. The van der Waals surface area contributed by atoms with E-state index >= 15 is 0 Å². The van der Waals surface area contributed by atoms with Gasteiger partial charge >= 0.3 is 5.97 Å². The zero-order chi connectivity index (χ0) is 15.8. The first-order chi connectivity index (χ1) is 9.92. The molecular weight excluding hydrogens is 270 g/mol. The Kier molecular flexibility index (Phi) is 6.62. The number of rotatable bonds is 7. The fourth-order valence-electron chi connectivity index (χ4n) is 1.78. The summed E-state index contributed by atoms with van der Waals surface area (Å²) in [5.41, 5.74) is 2.41. The molecule has 0 aromatic heterocycles. The highest BCUT2D eigenvalue weighted by Crippen LogP contribution is 2.17. The number of hydrogen-bond donors (Lipinski definition) is 2. The van der Waals surface area contributed by atoms with Gasteiger partial charge in [-0.25, -0.2) is 4.79 Å². The first-order valence-corrected chi connectivity index (χ1v) is 6.76. The second kappa shape index (κ2) is 8.21. The minimum atomic E-state index is -0.987. The Hall–Kier alpha value is -2.14. The van der Waals surface area contributed by atoms with Gasteiger partial charge < -0.3 is 15.2 Å². The van der Waals surface area contributed by atoms with Crippen LogP contribution in [0.2, 0.25) is 0 Å². The van der Waals surface area contributed by atoms with Gasteiger partial charge in [-0.1, -0.05) is 6.07 Å². The SMILES string of the molecule is COC(C)CCC(=O)Nc1ccc(/C=C/C(=O)O)c(C)c1. The van der Waals surface area contributed by atoms with E-state index in [4.69, 9.17) is 9.84 Å². The summed E-state index contributed by atoms with van der Waals surface area (Å²) in [6, 6.07) is 5.35. The first kappa shape index (κ1) is 16.9. The number of benzene rings is 1. The van der Waals surface area contributed by atoms with Gasteiger partial charge in [0, 0.05) is 25.3 Å². The smallest absolute Gasteiger partial charge is 0.328 e. The lowest BCUT2D eigenvalue weighted by Gasteiger charge is -2.10. The van der Waals surface area contributed by atoms with Crippen LogP contribution in [0.3, 0.4) is 0 Å². The molecule has 0 aliphatic rings. The molecule has 0 radical (unpaired) electrons. The molecule has 1 rings (SSSR count). The van der Waals surface area contributed by atoms with Crippen molar-refractivity contribution in [3.8, 4) is 0 Å². The number of nitrogens with one attached hydrogen (secondary N) is 1. The lowest BCUT2D eigenvalue weighted by atomic mass is 10.1. The lowest BCUT2D eigenvalue weighted by Crippen LogP contribution is -2.15. The van der Waals surface area contributed by atoms with Crippen LogP contribution in [-0.4, -0.2) is 30.2 Å². The van der Waals surface area contributed by atoms with E-state index in [1.54, 1.807) is 19.2 Å². The molecule has 1 atom stereocenters. The monoisotopic (exact) mass is 291 g/mol. The van der Waals surface area contributed by atoms with E-state index in [0.717, 1.165) is 17.2 Å². The Labute approximate surface area is 124 Å². The summed E-state index contributed by atoms with van der Waals surface area (Å²) in [5, 5.41) is 11.4. The molecule has 1 aromatic rings. The van der Waals surface area contributed by atoms with E-state index in [1.807, 2.05) is 19.9 Å². The summed E-state index contributed by atoms with van der Waals surface area (Å²) in [7, 11) is 1.62. The second-order valence-electron chi connectivity index (χ2n) is 4.88. The maximum Gasteiger partial charge on any atom is 0.328 e. The Bertz CT molecular complexity index is 537. The van der Waals surface area contributed by atoms with Gasteiger partial charge in [-0.2, -0.15) is 0 Å². The number of hydrogen-bond acceptors (Lipinski definition) is 3. The van der Waals surface area contributed by atoms with E-state index < -0.39 is 5.97 Å². The van der Waals surface area contributed by atoms with Gasteiger partial charge in [-0.05, 0) is 49.6 Å². The van der Waals surface area contributed by atoms with E-state index in [1.165, 1.54) is 6.08 Å². The largest absolute Gasteiger partial charge is 0.478 e. The Morgan fingerprint density at radius 2 is 2.14 bits per heavy atom. The molecule has 0 aliphatic carbocycles. The predicted molar refractivity (Wildman–Crippen MR) is 82.2 cm³/mol. The number of amides is 1. The van der Waals surface area contributed by atoms with Gasteiger partial charge in [0.25, 0.3) is 0 Å². The van der Waals surface area contributed by atoms with E-state index in [-0.39, 0.29) is 12.0 Å². The van der Waals surface area contributed by atoms with Crippen LogP contribution in [0.1, 0.15) is 30.9 Å². The van der Waals surface area contributed by atoms with Gasteiger partial charge in [-0.15, -0.1) is 0 Å². The third kappa shape index (κ3) is 6.23. The van der Waals surface area contributed by atoms with Crippen molar-refractivity contribution in [3.63, 3.8) is 0 Å². The number of aliphatic carboxylic acids is 1. The van der Waals surface area contributed by atoms with E-state index in [0.29, 0.717) is 18.5 Å². The number of aryl methyl sites for hydroxylation is 1. The quantitative estimate of drug-likeness (QED) is 0.757. The summed E-state index contributed by atoms with van der Waals surface area (Å²) in [4.78, 5) is 22.3. The standard InChI is InChI=1S/C16H21NO4/c1-11-10-14(7-5-13(11)6-9-16(19)20)17-15(18)8-4-12(2)21-3/h5-7,9-10,12H,4,8H2,1-3H3,(H,17,18)(H,19,20)/b9-6+. The predicted octanol–water partition coefficient (Wildman–Crippen LogP) is 2.85. The number of ether oxygens (including phenoxy) is 1. The van der Waals surface area contributed by atoms with Crippen LogP contribution in [0, 0.1) is 6.92 Å². The summed E-state index contributed by atoms with van der Waals surface area (Å²) >= 11 is 0. The van der Waals surface area contributed by atoms with Crippen LogP contribution in [0.15, 0.2) is 24.3 Å². The molecule has 0 saturated heterocycles. The summed E-state index contributed by atoms with van der Waals surface area (Å²) in [5.74, 6) is -1.05. The molecule has 5 nitrogen and oxygen atoms in total. The van der Waals surface area contributed by atoms with Crippen molar-refractivity contribution in [2.45, 2.75) is 32.8 Å². The van der Waals surface area contributed by atoms with Crippen LogP contribution >= 0.6 is 0 Å². The summed E-state index contributed by atoms with van der Waals surface area (Å²) in [6.07, 6.45) is 3.74. The maximum atomic E-state index is 11.8. The average Bonchev–Trinajstić information content (AvgIpc) is 2.43. The molecule has 1 aromatic carbocycles. The number of carboxylic acid groups (broad SMARTS) is 1. The van der Waals surface area contributed by atoms with Crippen LogP contribution < -0.4 is 5.32 Å². The molecule has 0 aliphatic heterocycles. The minimum absolute atomic E-state index is 0.0565. The van der Waals surface area contributed by atoms with E-state index in [2.05, 4.69) is 5.32 Å². The molecule has 2 N–H and O–H groups in total. The zero-order valence-electron chi connectivity index (χ0n) is 12.6. The van der Waals surface area contributed by atoms with E-state index in [9.17, 15) is 9.59 Å². The topological polar surface area (TPSA) is 75.6 Å². The number of anilines is 1. The molecule has 1 unspecified atom stereocenters. The Morgan fingerprint density at radius 1 is 1.43 bits per heavy atom. The third-order valence-electron chi connectivity index (χ3n) is 3.14. The van der Waals surface area contributed by atoms with Gasteiger partial charge in [0.15, 0.2) is 0 Å². The number of carbonyl (C=O) groups excluding carboxylic acids is 1. The van der Waals surface area contributed by atoms with Crippen LogP contribution in [0.25, 0.3) is 6.08 Å². The normalized spacial score (nSPS) is 12.3. The molecule has 1 amide bonds. The van der Waals surface area contributed by atoms with Crippen molar-refractivity contribution >= 4 is 23.6 Å². The fraction of sp³-hybridized carbons (Fsp3) is 0.375. The highest BCUT2D eigenvalue weighted by molar-refractivity contribution is 5.91. The number of methoxy groups -OCH3 is 1. The first-order valence-electron chi connectivity index (χ1n) is 6.76. The third-order valence-corrected chi connectivity index (χ3v) is 3.14. The average molecular weight is 291 g/mol. The van der Waals surface area contributed by atoms with Crippen molar-refractivity contribution < 1.29 is 19.4 Å². The molecule has 114 valence electrons. The second-order valence-corrected chi connectivity index (χ2v) is 4.88. The highest BCUT2D eigenvalue weighted by atomic mass is 16.5. The molecule has 5 heteroatoms. The molecule has 21 heavy (non-hydrogen) atoms. The van der Waals surface area contributed by atoms with Crippen LogP contribution in [0.5, 0.6) is 0 Å². The highest BCUT2D eigenvalue weighted by Gasteiger charge is 2.07. The van der Waals surface area contributed by atoms with Crippen molar-refractivity contribution in [1.29, 1.82) is 0 Å². The lowest BCUT2D eigenvalue weighted by molar-refractivity contribution is -0.131. The summed E-state index contributed by atoms with van der Waals surface area (Å²) < 4.78 is 5.10. The van der Waals surface area contributed by atoms with Gasteiger partial charge in [0.1, 0.15) is 0 Å². The van der Waals surface area contributed by atoms with Gasteiger partial charge in [0.2, 0.25) is 5.91 Å². The number of carboxylic acids is 1. The zero-order valence-corrected chi connectivity index (χ0v) is 12.6. The van der Waals surface area contributed by atoms with Crippen molar-refractivity contribution in [1.82, 2.24) is 0 Å². The molecule has 0 bridgehead atoms. The van der Waals surface area contributed by atoms with Gasteiger partial charge in [0.05, 0.1) is 6.10 Å². The fourth-order valence-corrected chi connectivity index (χ4v) is 1.78. The van der Waals surface area contributed by atoms with Crippen molar-refractivity contribution in [2.24, 2.45) is 0 Å². The Morgan fingerprint density at radius 3 is 2.71 bits per heavy atom. The molecule has 0 heterocycles. The van der Waals surface area contributed by atoms with Crippen molar-refractivity contribution in [2.75, 3.05) is 12.4 Å². The Balaban J connectivity index is 2.63. The van der Waals surface area contributed by atoms with Crippen LogP contribution in [-0.2, 0) is 14.3 Å². The maximum absolute atomic E-state index is 11.8. The number of carbonyl (C=O) groups is 2. The molecule has 0 spiro atoms.